The zero-order valence-corrected chi connectivity index (χ0v) is 79.7. The molecule has 116 heavy (non-hydrogen) atoms. The normalized spacial score (nSPS) is 13.6. The number of hydrogen-bond donors (Lipinski definition) is 4. The molecular weight excluding hydrogens is 1440 g/mol. The Hall–Kier alpha value is -6.90. The highest BCUT2D eigenvalue weighted by Crippen LogP contribution is 2.38. The van der Waals surface area contributed by atoms with E-state index in [9.17, 15) is 24.0 Å². The average Bonchev–Trinajstić information content (AvgIpc) is 0.876. The van der Waals surface area contributed by atoms with Gasteiger partial charge in [0.15, 0.2) is 0 Å². The topological polar surface area (TPSA) is 207 Å². The Kier molecular flexibility index (Phi) is 47.6. The van der Waals surface area contributed by atoms with Gasteiger partial charge in [-0.1, -0.05) is 320 Å². The van der Waals surface area contributed by atoms with Gasteiger partial charge in [-0.15, -0.1) is 0 Å². The summed E-state index contributed by atoms with van der Waals surface area (Å²) >= 11 is 0. The summed E-state index contributed by atoms with van der Waals surface area (Å²) in [5.41, 5.74) is 7.14. The first kappa shape index (κ1) is 107. The van der Waals surface area contributed by atoms with Gasteiger partial charge in [0.1, 0.15) is 6.61 Å². The summed E-state index contributed by atoms with van der Waals surface area (Å²) in [6, 6.07) is 27.3. The summed E-state index contributed by atoms with van der Waals surface area (Å²) in [5.74, 6) is 0.653. The van der Waals surface area contributed by atoms with Crippen molar-refractivity contribution in [3.63, 3.8) is 0 Å². The lowest BCUT2D eigenvalue weighted by atomic mass is 9.76. The van der Waals surface area contributed by atoms with Gasteiger partial charge in [0, 0.05) is 55.0 Å². The van der Waals surface area contributed by atoms with E-state index >= 15 is 0 Å². The summed E-state index contributed by atoms with van der Waals surface area (Å²) < 4.78 is 5.51. The smallest absolute Gasteiger partial charge is 0.309 e. The van der Waals surface area contributed by atoms with Gasteiger partial charge in [-0.2, -0.15) is 0 Å². The summed E-state index contributed by atoms with van der Waals surface area (Å²) in [6.07, 6.45) is 30.8. The van der Waals surface area contributed by atoms with Crippen LogP contribution in [-0.2, 0) is 61.5 Å². The Balaban J connectivity index is 0.000000725. The van der Waals surface area contributed by atoms with Crippen LogP contribution in [0.25, 0.3) is 0 Å². The molecule has 4 aromatic heterocycles. The second-order valence-electron chi connectivity index (χ2n) is 44.2. The van der Waals surface area contributed by atoms with Crippen molar-refractivity contribution in [1.82, 2.24) is 46.2 Å². The van der Waals surface area contributed by atoms with Crippen molar-refractivity contribution in [3.8, 4) is 0 Å². The average molecular weight is 1610 g/mol. The first-order valence-electron chi connectivity index (χ1n) is 44.2. The van der Waals surface area contributed by atoms with E-state index in [1.54, 1.807) is 31.0 Å². The zero-order chi connectivity index (χ0) is 88.4. The first-order chi connectivity index (χ1) is 53.4. The van der Waals surface area contributed by atoms with E-state index in [4.69, 9.17) is 4.74 Å². The number of pyridine rings is 3. The SMILES string of the molecule is CC(C)(C)CCCCC(C(=O)NCc1ccccc1)C(C)(C)C.CC(C)(C)CCCCC(C(=O)NCc1ccccn1)C(C)(C)C.CC(C)(C)CCCCC(C(=O)NCc1ccccn1)C(C)(C)C.CC(C)(C)CCCCC(C(=O)OCc1ccccn1)C(C)(C)C.Cc1cnc(CNC(=O)C(CCCCC(C)(C)C)C(C)(C)C)cn1. The molecule has 0 aliphatic heterocycles. The molecule has 0 aliphatic carbocycles. The van der Waals surface area contributed by atoms with E-state index in [1.807, 2.05) is 79.7 Å². The lowest BCUT2D eigenvalue weighted by Crippen LogP contribution is -2.37. The van der Waals surface area contributed by atoms with Crippen LogP contribution in [0.4, 0.5) is 0 Å². The van der Waals surface area contributed by atoms with Gasteiger partial charge in [-0.05, 0) is 167 Å². The Morgan fingerprint density at radius 1 is 0.293 bits per heavy atom. The van der Waals surface area contributed by atoms with E-state index < -0.39 is 0 Å². The lowest BCUT2D eigenvalue weighted by Gasteiger charge is -2.30. The van der Waals surface area contributed by atoms with Crippen molar-refractivity contribution in [2.24, 2.45) is 83.7 Å². The van der Waals surface area contributed by atoms with Crippen LogP contribution in [0.2, 0.25) is 0 Å². The van der Waals surface area contributed by atoms with Crippen LogP contribution in [0.15, 0.2) is 116 Å². The number of ether oxygens (including phenoxy) is 1. The molecule has 15 nitrogen and oxygen atoms in total. The minimum atomic E-state index is -0.0982. The van der Waals surface area contributed by atoms with Crippen molar-refractivity contribution in [2.75, 3.05) is 0 Å². The molecule has 5 atom stereocenters. The Bertz CT molecular complexity index is 3090. The highest BCUT2D eigenvalue weighted by atomic mass is 16.5. The van der Waals surface area contributed by atoms with E-state index in [1.165, 1.54) is 57.8 Å². The molecule has 0 spiro atoms. The monoisotopic (exact) mass is 1610 g/mol. The molecule has 15 heteroatoms. The van der Waals surface area contributed by atoms with Gasteiger partial charge >= 0.3 is 5.97 Å². The maximum Gasteiger partial charge on any atom is 0.309 e. The van der Waals surface area contributed by atoms with Crippen LogP contribution in [-0.4, -0.2) is 54.5 Å². The van der Waals surface area contributed by atoms with Crippen molar-refractivity contribution in [1.29, 1.82) is 0 Å². The summed E-state index contributed by atoms with van der Waals surface area (Å²) in [5, 5.41) is 12.3. The fourth-order valence-electron chi connectivity index (χ4n) is 13.8. The van der Waals surface area contributed by atoms with Gasteiger partial charge < -0.3 is 26.0 Å². The second kappa shape index (κ2) is 51.5. The predicted molar refractivity (Wildman–Crippen MR) is 487 cm³/mol. The molecule has 5 unspecified atom stereocenters. The number of unbranched alkanes of at least 4 members (excludes halogenated alkanes) is 5. The fraction of sp³-hybridized carbons (Fsp3) is 0.703. The molecule has 656 valence electrons. The number of amides is 4. The van der Waals surface area contributed by atoms with Crippen LogP contribution < -0.4 is 21.3 Å². The Morgan fingerprint density at radius 3 is 0.819 bits per heavy atom. The first-order valence-corrected chi connectivity index (χ1v) is 44.2. The quantitative estimate of drug-likeness (QED) is 0.0222. The number of benzene rings is 1. The number of carbonyl (C=O) groups is 5. The number of nitrogens with one attached hydrogen (secondary N) is 4. The van der Waals surface area contributed by atoms with Crippen molar-refractivity contribution < 1.29 is 28.7 Å². The van der Waals surface area contributed by atoms with Gasteiger partial charge in [-0.3, -0.25) is 48.9 Å². The maximum absolute atomic E-state index is 12.7. The highest BCUT2D eigenvalue weighted by molar-refractivity contribution is 5.81. The van der Waals surface area contributed by atoms with Crippen LogP contribution >= 0.6 is 0 Å². The van der Waals surface area contributed by atoms with Crippen LogP contribution in [0.3, 0.4) is 0 Å². The molecule has 5 aromatic rings. The molecule has 5 rings (SSSR count). The number of hydrogen-bond acceptors (Lipinski definition) is 11. The fourth-order valence-corrected chi connectivity index (χ4v) is 13.8. The van der Waals surface area contributed by atoms with Crippen LogP contribution in [0.5, 0.6) is 0 Å². The summed E-state index contributed by atoms with van der Waals surface area (Å²) in [4.78, 5) is 84.3. The largest absolute Gasteiger partial charge is 0.459 e. The molecule has 4 N–H and O–H groups in total. The van der Waals surface area contributed by atoms with Crippen molar-refractivity contribution in [2.45, 2.75) is 376 Å². The van der Waals surface area contributed by atoms with Gasteiger partial charge in [0.2, 0.25) is 23.6 Å². The molecule has 0 fully saturated rings. The molecule has 0 radical (unpaired) electrons. The van der Waals surface area contributed by atoms with Gasteiger partial charge in [-0.25, -0.2) is 0 Å². The molecule has 0 saturated carbocycles. The third-order valence-corrected chi connectivity index (χ3v) is 21.1. The Morgan fingerprint density at radius 2 is 0.560 bits per heavy atom. The highest BCUT2D eigenvalue weighted by Gasteiger charge is 2.36. The van der Waals surface area contributed by atoms with E-state index in [0.717, 1.165) is 105 Å². The minimum Gasteiger partial charge on any atom is -0.459 e. The van der Waals surface area contributed by atoms with E-state index in [0.29, 0.717) is 53.3 Å². The molecule has 0 saturated heterocycles. The standard InChI is InChI=1S/C21H35NO.C20H35N3O.2C20H34N2O.C20H33NO2/c1-20(2,3)15-11-10-14-18(21(4,5)6)19(23)22-16-17-12-8-7-9-13-17;1-15-12-22-16(13-21-15)14-23-18(24)17(20(5,6)7)10-8-9-11-19(2,3)4;2*1-19(2,3)13-9-7-12-17(20(4,5)6)18(23)22-15-16-11-8-10-14-21-16;1-19(2,3)13-9-7-12-17(20(4,5)6)18(22)23-15-16-11-8-10-14-21-16/h7-9,12-13,18H,10-11,14-16H2,1-6H3,(H,22,23);12-13,17H,8-11,14H2,1-7H3,(H,23,24);2*8,10-11,14,17H,7,9,12-13,15H2,1-6H3,(H,22,23);8,10-11,14,17H,7,9,12-13,15H2,1-6H3. The number of rotatable bonds is 35. The number of nitrogens with zero attached hydrogens (tertiary/aromatic N) is 5. The Labute approximate surface area is 710 Å². The minimum absolute atomic E-state index is 0.00248. The number of aromatic nitrogens is 5. The van der Waals surface area contributed by atoms with Gasteiger partial charge in [0.25, 0.3) is 0 Å². The molecule has 1 aromatic carbocycles. The second-order valence-corrected chi connectivity index (χ2v) is 44.2. The van der Waals surface area contributed by atoms with Crippen LogP contribution in [0, 0.1) is 90.7 Å². The molecular formula is C101H171N9O6. The molecule has 4 heterocycles. The summed E-state index contributed by atoms with van der Waals surface area (Å²) in [7, 11) is 0. The number of carbonyl (C=O) groups excluding carboxylic acids is 5. The lowest BCUT2D eigenvalue weighted by molar-refractivity contribution is -0.154. The third kappa shape index (κ3) is 53.5. The van der Waals surface area contributed by atoms with E-state index in [-0.39, 0.29) is 92.9 Å². The van der Waals surface area contributed by atoms with Crippen molar-refractivity contribution in [3.05, 3.63) is 150 Å². The summed E-state index contributed by atoms with van der Waals surface area (Å²) in [6.45, 7) is 70.5. The maximum atomic E-state index is 12.7. The number of aryl methyl sites for hydroxylation is 1. The number of esters is 1. The molecule has 0 aliphatic rings. The third-order valence-electron chi connectivity index (χ3n) is 21.1. The van der Waals surface area contributed by atoms with Gasteiger partial charge in [0.05, 0.1) is 60.2 Å². The van der Waals surface area contributed by atoms with Crippen LogP contribution in [0.1, 0.15) is 370 Å². The zero-order valence-electron chi connectivity index (χ0n) is 79.7. The molecule has 0 bridgehead atoms. The molecule has 4 amide bonds. The van der Waals surface area contributed by atoms with E-state index in [2.05, 4.69) is 266 Å². The predicted octanol–water partition coefficient (Wildman–Crippen LogP) is 25.6. The van der Waals surface area contributed by atoms with Crippen molar-refractivity contribution >= 4 is 29.6 Å².